The highest BCUT2D eigenvalue weighted by molar-refractivity contribution is 6.10. The smallest absolute Gasteiger partial charge is 0.257 e. The van der Waals surface area contributed by atoms with Gasteiger partial charge in [0.2, 0.25) is 0 Å². The summed E-state index contributed by atoms with van der Waals surface area (Å²) in [7, 11) is 0. The third-order valence-electron chi connectivity index (χ3n) is 5.11. The van der Waals surface area contributed by atoms with E-state index in [9.17, 15) is 4.79 Å². The van der Waals surface area contributed by atoms with E-state index in [-0.39, 0.29) is 11.9 Å². The van der Waals surface area contributed by atoms with E-state index >= 15 is 0 Å². The van der Waals surface area contributed by atoms with E-state index < -0.39 is 0 Å². The first-order chi connectivity index (χ1) is 12.7. The Morgan fingerprint density at radius 1 is 1.23 bits per heavy atom. The molecule has 1 fully saturated rings. The van der Waals surface area contributed by atoms with Crippen LogP contribution in [0.4, 0.5) is 5.82 Å². The summed E-state index contributed by atoms with van der Waals surface area (Å²) >= 11 is 0. The molecule has 0 bridgehead atoms. The van der Waals surface area contributed by atoms with Crippen molar-refractivity contribution in [3.05, 3.63) is 42.5 Å². The van der Waals surface area contributed by atoms with Crippen molar-refractivity contribution >= 4 is 33.9 Å². The second kappa shape index (κ2) is 6.78. The van der Waals surface area contributed by atoms with Gasteiger partial charge >= 0.3 is 0 Å². The lowest BCUT2D eigenvalue weighted by molar-refractivity contribution is 0.0960. The second-order valence-electron chi connectivity index (χ2n) is 6.81. The Morgan fingerprint density at radius 3 is 2.62 bits per heavy atom. The number of anilines is 1. The zero-order valence-corrected chi connectivity index (χ0v) is 14.7. The molecule has 0 atom stereocenters. The number of para-hydroxylation sites is 2. The van der Waals surface area contributed by atoms with Gasteiger partial charge in [-0.3, -0.25) is 4.79 Å². The average molecular weight is 349 g/mol. The number of hydrogen-bond donors (Lipinski definition) is 2. The fourth-order valence-electron chi connectivity index (χ4n) is 3.87. The quantitative estimate of drug-likeness (QED) is 0.705. The number of nitrogens with zero attached hydrogens (tertiary/aromatic N) is 3. The number of rotatable bonds is 4. The van der Waals surface area contributed by atoms with Gasteiger partial charge in [-0.25, -0.2) is 9.97 Å². The van der Waals surface area contributed by atoms with Crippen molar-refractivity contribution in [2.75, 3.05) is 12.3 Å². The highest BCUT2D eigenvalue weighted by atomic mass is 16.1. The lowest BCUT2D eigenvalue weighted by Gasteiger charge is -2.25. The van der Waals surface area contributed by atoms with Crippen LogP contribution in [-0.2, 0) is 0 Å². The maximum absolute atomic E-state index is 12.8. The number of nitrogens with two attached hydrogens (primary N) is 1. The number of amides is 1. The van der Waals surface area contributed by atoms with Gasteiger partial charge in [-0.05, 0) is 25.0 Å². The maximum atomic E-state index is 12.8. The Labute approximate surface area is 152 Å². The average Bonchev–Trinajstić information content (AvgIpc) is 2.95. The molecule has 3 N–H and O–H groups in total. The molecule has 1 aromatic carbocycles. The number of fused-ring (bicyclic) bond motifs is 2. The summed E-state index contributed by atoms with van der Waals surface area (Å²) in [6.07, 6.45) is 7.34. The monoisotopic (exact) mass is 349 g/mol. The third kappa shape index (κ3) is 2.71. The van der Waals surface area contributed by atoms with Gasteiger partial charge in [-0.1, -0.05) is 37.5 Å². The molecule has 1 amide bonds. The van der Waals surface area contributed by atoms with Crippen LogP contribution >= 0.6 is 0 Å². The summed E-state index contributed by atoms with van der Waals surface area (Å²) < 4.78 is 2.04. The topological polar surface area (TPSA) is 85.8 Å². The molecule has 1 saturated carbocycles. The molecule has 6 nitrogen and oxygen atoms in total. The van der Waals surface area contributed by atoms with Crippen LogP contribution in [0.2, 0.25) is 0 Å². The molecular formula is C20H23N5O. The van der Waals surface area contributed by atoms with Crippen LogP contribution in [0.1, 0.15) is 48.5 Å². The molecule has 0 radical (unpaired) electrons. The molecule has 0 spiro atoms. The Balaban J connectivity index is 1.96. The molecule has 26 heavy (non-hydrogen) atoms. The molecule has 0 saturated heterocycles. The normalized spacial score (nSPS) is 15.4. The second-order valence-corrected chi connectivity index (χ2v) is 6.81. The Morgan fingerprint density at radius 2 is 1.92 bits per heavy atom. The zero-order chi connectivity index (χ0) is 18.1. The summed E-state index contributed by atoms with van der Waals surface area (Å²) in [5.74, 6) is 0.232. The first-order valence-corrected chi connectivity index (χ1v) is 9.16. The van der Waals surface area contributed by atoms with Crippen molar-refractivity contribution in [2.24, 2.45) is 0 Å². The molecular weight excluding hydrogens is 326 g/mol. The Bertz CT molecular complexity index is 985. The predicted octanol–water partition coefficient (Wildman–Crippen LogP) is 3.59. The Kier molecular flexibility index (Phi) is 4.32. The number of nitrogen functional groups attached to an aromatic ring is 1. The van der Waals surface area contributed by atoms with Gasteiger partial charge in [-0.2, -0.15) is 0 Å². The lowest BCUT2D eigenvalue weighted by atomic mass is 9.95. The SMILES string of the molecule is C=CCNC(=O)c1c(N)n(C2CCCCC2)c2nc3ccccc3nc12. The predicted molar refractivity (Wildman–Crippen MR) is 104 cm³/mol. The van der Waals surface area contributed by atoms with Gasteiger partial charge < -0.3 is 15.6 Å². The molecule has 2 heterocycles. The highest BCUT2D eigenvalue weighted by Crippen LogP contribution is 2.36. The standard InChI is InChI=1S/C20H23N5O/c1-2-12-22-20(26)16-17-19(24-15-11-7-6-10-14(15)23-17)25(18(16)21)13-8-4-3-5-9-13/h2,6-7,10-11,13H,1,3-5,8-9,12,21H2,(H,22,26). The molecule has 134 valence electrons. The van der Waals surface area contributed by atoms with Crippen molar-refractivity contribution in [2.45, 2.75) is 38.1 Å². The van der Waals surface area contributed by atoms with Crippen molar-refractivity contribution < 1.29 is 4.79 Å². The number of nitrogens with one attached hydrogen (secondary N) is 1. The first kappa shape index (κ1) is 16.6. The van der Waals surface area contributed by atoms with E-state index in [4.69, 9.17) is 15.7 Å². The molecule has 4 rings (SSSR count). The van der Waals surface area contributed by atoms with E-state index in [1.807, 2.05) is 28.8 Å². The minimum atomic E-state index is -0.230. The van der Waals surface area contributed by atoms with E-state index in [1.165, 1.54) is 19.3 Å². The summed E-state index contributed by atoms with van der Waals surface area (Å²) in [5, 5.41) is 2.83. The minimum Gasteiger partial charge on any atom is -0.384 e. The number of benzene rings is 1. The van der Waals surface area contributed by atoms with Gasteiger partial charge in [-0.15, -0.1) is 6.58 Å². The summed E-state index contributed by atoms with van der Waals surface area (Å²) in [6.45, 7) is 4.04. The number of carbonyl (C=O) groups excluding carboxylic acids is 1. The number of carbonyl (C=O) groups is 1. The molecule has 0 aliphatic heterocycles. The van der Waals surface area contributed by atoms with Crippen LogP contribution in [-0.4, -0.2) is 27.0 Å². The van der Waals surface area contributed by atoms with E-state index in [0.717, 1.165) is 23.9 Å². The van der Waals surface area contributed by atoms with Crippen LogP contribution in [0.3, 0.4) is 0 Å². The van der Waals surface area contributed by atoms with E-state index in [1.54, 1.807) is 6.08 Å². The van der Waals surface area contributed by atoms with Crippen LogP contribution in [0, 0.1) is 0 Å². The lowest BCUT2D eigenvalue weighted by Crippen LogP contribution is -2.24. The van der Waals surface area contributed by atoms with Crippen LogP contribution in [0.25, 0.3) is 22.2 Å². The first-order valence-electron chi connectivity index (χ1n) is 9.16. The van der Waals surface area contributed by atoms with E-state index in [0.29, 0.717) is 29.1 Å². The van der Waals surface area contributed by atoms with Gasteiger partial charge in [0.25, 0.3) is 5.91 Å². The van der Waals surface area contributed by atoms with Crippen molar-refractivity contribution in [3.8, 4) is 0 Å². The summed E-state index contributed by atoms with van der Waals surface area (Å²) in [4.78, 5) is 22.3. The highest BCUT2D eigenvalue weighted by Gasteiger charge is 2.28. The van der Waals surface area contributed by atoms with Gasteiger partial charge in [0.1, 0.15) is 16.9 Å². The van der Waals surface area contributed by atoms with Crippen molar-refractivity contribution in [3.63, 3.8) is 0 Å². The molecule has 6 heteroatoms. The van der Waals surface area contributed by atoms with E-state index in [2.05, 4.69) is 11.9 Å². The van der Waals surface area contributed by atoms with Gasteiger partial charge in [0, 0.05) is 12.6 Å². The minimum absolute atomic E-state index is 0.230. The number of hydrogen-bond acceptors (Lipinski definition) is 4. The van der Waals surface area contributed by atoms with Gasteiger partial charge in [0.05, 0.1) is 11.0 Å². The van der Waals surface area contributed by atoms with Crippen molar-refractivity contribution in [1.29, 1.82) is 0 Å². The molecule has 3 aromatic rings. The zero-order valence-electron chi connectivity index (χ0n) is 14.7. The Hall–Kier alpha value is -2.89. The number of aromatic nitrogens is 3. The fraction of sp³-hybridized carbons (Fsp3) is 0.350. The third-order valence-corrected chi connectivity index (χ3v) is 5.11. The van der Waals surface area contributed by atoms with Gasteiger partial charge in [0.15, 0.2) is 5.65 Å². The van der Waals surface area contributed by atoms with Crippen LogP contribution < -0.4 is 11.1 Å². The molecule has 0 unspecified atom stereocenters. The summed E-state index contributed by atoms with van der Waals surface area (Å²) in [6, 6.07) is 7.97. The van der Waals surface area contributed by atoms with Crippen molar-refractivity contribution in [1.82, 2.24) is 19.9 Å². The molecule has 1 aliphatic rings. The summed E-state index contributed by atoms with van der Waals surface area (Å²) in [5.41, 5.74) is 9.76. The molecule has 1 aliphatic carbocycles. The van der Waals surface area contributed by atoms with Crippen LogP contribution in [0.15, 0.2) is 36.9 Å². The fourth-order valence-corrected chi connectivity index (χ4v) is 3.87. The van der Waals surface area contributed by atoms with Crippen LogP contribution in [0.5, 0.6) is 0 Å². The maximum Gasteiger partial charge on any atom is 0.257 e. The largest absolute Gasteiger partial charge is 0.384 e. The molecule has 2 aromatic heterocycles.